The first kappa shape index (κ1) is 15.3. The first-order valence-electron chi connectivity index (χ1n) is 8.14. The Labute approximate surface area is 132 Å². The average molecular weight is 303 g/mol. The molecule has 2 aliphatic heterocycles. The Morgan fingerprint density at radius 3 is 2.82 bits per heavy atom. The predicted molar refractivity (Wildman–Crippen MR) is 87.2 cm³/mol. The lowest BCUT2D eigenvalue weighted by atomic mass is 10.1. The minimum Gasteiger partial charge on any atom is -0.375 e. The first-order chi connectivity index (χ1) is 10.7. The summed E-state index contributed by atoms with van der Waals surface area (Å²) < 4.78 is 5.62. The summed E-state index contributed by atoms with van der Waals surface area (Å²) in [4.78, 5) is 16.7. The summed E-state index contributed by atoms with van der Waals surface area (Å²) in [5.74, 6) is 0.220. The number of amides is 1. The van der Waals surface area contributed by atoms with Gasteiger partial charge in [0.15, 0.2) is 0 Å². The van der Waals surface area contributed by atoms with Gasteiger partial charge in [-0.3, -0.25) is 4.79 Å². The molecule has 5 heteroatoms. The number of benzene rings is 1. The van der Waals surface area contributed by atoms with Crippen LogP contribution >= 0.6 is 0 Å². The molecule has 0 spiro atoms. The number of nitrogens with one attached hydrogen (secondary N) is 1. The van der Waals surface area contributed by atoms with E-state index in [0.717, 1.165) is 39.3 Å². The Morgan fingerprint density at radius 1 is 1.32 bits per heavy atom. The Kier molecular flexibility index (Phi) is 4.95. The van der Waals surface area contributed by atoms with Gasteiger partial charge in [0.1, 0.15) is 0 Å². The molecule has 2 fully saturated rings. The van der Waals surface area contributed by atoms with E-state index in [1.165, 1.54) is 11.3 Å². The van der Waals surface area contributed by atoms with E-state index in [1.807, 2.05) is 4.90 Å². The molecule has 3 rings (SSSR count). The van der Waals surface area contributed by atoms with Crippen molar-refractivity contribution in [3.05, 3.63) is 29.8 Å². The molecule has 1 atom stereocenters. The van der Waals surface area contributed by atoms with Gasteiger partial charge < -0.3 is 19.9 Å². The lowest BCUT2D eigenvalue weighted by Crippen LogP contribution is -2.50. The van der Waals surface area contributed by atoms with Gasteiger partial charge in [0.05, 0.1) is 19.1 Å². The lowest BCUT2D eigenvalue weighted by molar-refractivity contribution is -0.135. The van der Waals surface area contributed by atoms with Crippen molar-refractivity contribution < 1.29 is 9.53 Å². The van der Waals surface area contributed by atoms with Crippen LogP contribution in [0.25, 0.3) is 0 Å². The fourth-order valence-corrected chi connectivity index (χ4v) is 3.11. The highest BCUT2D eigenvalue weighted by atomic mass is 16.5. The Morgan fingerprint density at radius 2 is 2.14 bits per heavy atom. The minimum absolute atomic E-state index is 0.0380. The van der Waals surface area contributed by atoms with Gasteiger partial charge in [0.25, 0.3) is 0 Å². The van der Waals surface area contributed by atoms with E-state index in [9.17, 15) is 4.79 Å². The number of carbonyl (C=O) groups excluding carboxylic acids is 1. The zero-order valence-electron chi connectivity index (χ0n) is 13.3. The van der Waals surface area contributed by atoms with Crippen LogP contribution in [0.4, 0.5) is 5.69 Å². The van der Waals surface area contributed by atoms with E-state index in [4.69, 9.17) is 4.74 Å². The van der Waals surface area contributed by atoms with E-state index in [2.05, 4.69) is 41.4 Å². The Balaban J connectivity index is 1.49. The van der Waals surface area contributed by atoms with Crippen LogP contribution in [0.3, 0.4) is 0 Å². The monoisotopic (exact) mass is 303 g/mol. The van der Waals surface area contributed by atoms with Crippen LogP contribution in [0.1, 0.15) is 12.0 Å². The van der Waals surface area contributed by atoms with Crippen LogP contribution in [0.5, 0.6) is 0 Å². The van der Waals surface area contributed by atoms with Crippen LogP contribution in [-0.4, -0.2) is 62.8 Å². The molecule has 1 aromatic carbocycles. The number of morpholine rings is 1. The summed E-state index contributed by atoms with van der Waals surface area (Å²) >= 11 is 0. The Bertz CT molecular complexity index is 506. The molecule has 0 radical (unpaired) electrons. The highest BCUT2D eigenvalue weighted by Gasteiger charge is 2.24. The van der Waals surface area contributed by atoms with E-state index >= 15 is 0 Å². The fraction of sp³-hybridized carbons (Fsp3) is 0.588. The maximum Gasteiger partial charge on any atom is 0.225 e. The van der Waals surface area contributed by atoms with Gasteiger partial charge in [0.2, 0.25) is 5.91 Å². The van der Waals surface area contributed by atoms with Crippen LogP contribution in [0.2, 0.25) is 0 Å². The number of piperazine rings is 1. The van der Waals surface area contributed by atoms with Gasteiger partial charge in [-0.15, -0.1) is 0 Å². The largest absolute Gasteiger partial charge is 0.375 e. The maximum absolute atomic E-state index is 12.4. The number of ether oxygens (including phenoxy) is 1. The number of aryl methyl sites for hydroxylation is 1. The van der Waals surface area contributed by atoms with Crippen molar-refractivity contribution in [1.82, 2.24) is 10.2 Å². The lowest BCUT2D eigenvalue weighted by Gasteiger charge is -2.37. The first-order valence-corrected chi connectivity index (χ1v) is 8.14. The molecule has 1 unspecified atom stereocenters. The quantitative estimate of drug-likeness (QED) is 0.906. The van der Waals surface area contributed by atoms with E-state index in [0.29, 0.717) is 13.0 Å². The molecule has 22 heavy (non-hydrogen) atoms. The number of hydrogen-bond donors (Lipinski definition) is 1. The van der Waals surface area contributed by atoms with Gasteiger partial charge in [-0.1, -0.05) is 12.1 Å². The average Bonchev–Trinajstić information content (AvgIpc) is 2.56. The zero-order valence-corrected chi connectivity index (χ0v) is 13.3. The number of hydrogen-bond acceptors (Lipinski definition) is 4. The van der Waals surface area contributed by atoms with Crippen LogP contribution in [0.15, 0.2) is 24.3 Å². The van der Waals surface area contributed by atoms with Crippen molar-refractivity contribution in [2.24, 2.45) is 0 Å². The molecule has 2 heterocycles. The highest BCUT2D eigenvalue weighted by Crippen LogP contribution is 2.18. The molecule has 0 aliphatic carbocycles. The molecule has 1 N–H and O–H groups in total. The SMILES string of the molecule is Cc1cccc(N2CCN(C(=O)CC3CNCCO3)CC2)c1. The third-order valence-electron chi connectivity index (χ3n) is 4.41. The zero-order chi connectivity index (χ0) is 15.4. The normalized spacial score (nSPS) is 22.7. The third-order valence-corrected chi connectivity index (χ3v) is 4.41. The second-order valence-corrected chi connectivity index (χ2v) is 6.11. The van der Waals surface area contributed by atoms with Crippen molar-refractivity contribution in [2.45, 2.75) is 19.4 Å². The summed E-state index contributed by atoms with van der Waals surface area (Å²) in [5.41, 5.74) is 2.53. The van der Waals surface area contributed by atoms with E-state index in [1.54, 1.807) is 0 Å². The highest BCUT2D eigenvalue weighted by molar-refractivity contribution is 5.77. The summed E-state index contributed by atoms with van der Waals surface area (Å²) in [6.45, 7) is 7.90. The molecule has 1 amide bonds. The van der Waals surface area contributed by atoms with Crippen LogP contribution in [0, 0.1) is 6.92 Å². The standard InChI is InChI=1S/C17H25N3O2/c1-14-3-2-4-15(11-14)19-6-8-20(9-7-19)17(21)12-16-13-18-5-10-22-16/h2-4,11,16,18H,5-10,12-13H2,1H3. The molecule has 1 aromatic rings. The third kappa shape index (κ3) is 3.78. The molecule has 0 saturated carbocycles. The number of carbonyl (C=O) groups is 1. The van der Waals surface area contributed by atoms with Crippen molar-refractivity contribution >= 4 is 11.6 Å². The van der Waals surface area contributed by atoms with Gasteiger partial charge in [-0.2, -0.15) is 0 Å². The number of rotatable bonds is 3. The van der Waals surface area contributed by atoms with Gasteiger partial charge in [-0.25, -0.2) is 0 Å². The van der Waals surface area contributed by atoms with Crippen LogP contribution < -0.4 is 10.2 Å². The molecule has 5 nitrogen and oxygen atoms in total. The second-order valence-electron chi connectivity index (χ2n) is 6.11. The molecule has 2 aliphatic rings. The maximum atomic E-state index is 12.4. The van der Waals surface area contributed by atoms with E-state index < -0.39 is 0 Å². The smallest absolute Gasteiger partial charge is 0.225 e. The predicted octanol–water partition coefficient (Wildman–Crippen LogP) is 1.02. The van der Waals surface area contributed by atoms with Crippen molar-refractivity contribution in [2.75, 3.05) is 50.8 Å². The molecular weight excluding hydrogens is 278 g/mol. The Hall–Kier alpha value is -1.59. The summed E-state index contributed by atoms with van der Waals surface area (Å²) in [6.07, 6.45) is 0.535. The fourth-order valence-electron chi connectivity index (χ4n) is 3.11. The second kappa shape index (κ2) is 7.11. The van der Waals surface area contributed by atoms with Crippen LogP contribution in [-0.2, 0) is 9.53 Å². The molecule has 120 valence electrons. The molecule has 2 saturated heterocycles. The molecule has 0 bridgehead atoms. The summed E-state index contributed by atoms with van der Waals surface area (Å²) in [6, 6.07) is 8.56. The van der Waals surface area contributed by atoms with Gasteiger partial charge >= 0.3 is 0 Å². The summed E-state index contributed by atoms with van der Waals surface area (Å²) in [5, 5.41) is 3.27. The van der Waals surface area contributed by atoms with E-state index in [-0.39, 0.29) is 12.0 Å². The summed E-state index contributed by atoms with van der Waals surface area (Å²) in [7, 11) is 0. The number of anilines is 1. The van der Waals surface area contributed by atoms with Crippen molar-refractivity contribution in [1.29, 1.82) is 0 Å². The van der Waals surface area contributed by atoms with Crippen molar-refractivity contribution in [3.63, 3.8) is 0 Å². The van der Waals surface area contributed by atoms with Gasteiger partial charge in [-0.05, 0) is 24.6 Å². The molecular formula is C17H25N3O2. The molecule has 0 aromatic heterocycles. The van der Waals surface area contributed by atoms with Gasteiger partial charge in [0, 0.05) is 45.0 Å². The van der Waals surface area contributed by atoms with Crippen molar-refractivity contribution in [3.8, 4) is 0 Å². The minimum atomic E-state index is 0.0380. The number of nitrogens with zero attached hydrogens (tertiary/aromatic N) is 2. The topological polar surface area (TPSA) is 44.8 Å².